The van der Waals surface area contributed by atoms with Crippen molar-refractivity contribution in [3.63, 3.8) is 0 Å². The monoisotopic (exact) mass is 381 g/mol. The first-order valence-corrected chi connectivity index (χ1v) is 9.13. The minimum absolute atomic E-state index is 0.189. The number of fused-ring (bicyclic) bond motifs is 1. The van der Waals surface area contributed by atoms with Gasteiger partial charge in [-0.3, -0.25) is 14.4 Å². The lowest BCUT2D eigenvalue weighted by molar-refractivity contribution is 0.0774. The van der Waals surface area contributed by atoms with Crippen LogP contribution < -0.4 is 15.9 Å². The summed E-state index contributed by atoms with van der Waals surface area (Å²) in [6, 6.07) is 12.7. The SMILES string of the molecule is CCn1c(=O)c(=O)[nH]c2cc(C(=O)N(C)CCOc3ccccc3C)ccc21. The van der Waals surface area contributed by atoms with Crippen LogP contribution in [0.4, 0.5) is 0 Å². The molecule has 0 aliphatic rings. The summed E-state index contributed by atoms with van der Waals surface area (Å²) in [5.74, 6) is 0.606. The smallest absolute Gasteiger partial charge is 0.316 e. The van der Waals surface area contributed by atoms with E-state index in [-0.39, 0.29) is 5.91 Å². The number of rotatable bonds is 6. The average Bonchev–Trinajstić information content (AvgIpc) is 2.69. The summed E-state index contributed by atoms with van der Waals surface area (Å²) in [5.41, 5.74) is 1.23. The van der Waals surface area contributed by atoms with Crippen LogP contribution >= 0.6 is 0 Å². The number of nitrogens with one attached hydrogen (secondary N) is 1. The van der Waals surface area contributed by atoms with Crippen molar-refractivity contribution in [2.45, 2.75) is 20.4 Å². The molecular weight excluding hydrogens is 358 g/mol. The van der Waals surface area contributed by atoms with E-state index in [1.165, 1.54) is 4.57 Å². The second-order valence-electron chi connectivity index (χ2n) is 6.58. The summed E-state index contributed by atoms with van der Waals surface area (Å²) >= 11 is 0. The molecule has 0 spiro atoms. The maximum absolute atomic E-state index is 12.7. The highest BCUT2D eigenvalue weighted by Gasteiger charge is 2.14. The van der Waals surface area contributed by atoms with Crippen molar-refractivity contribution >= 4 is 16.9 Å². The molecule has 0 radical (unpaired) electrons. The molecule has 3 rings (SSSR count). The lowest BCUT2D eigenvalue weighted by Crippen LogP contribution is -2.36. The maximum Gasteiger partial charge on any atom is 0.316 e. The molecule has 0 saturated carbocycles. The Bertz CT molecular complexity index is 1130. The van der Waals surface area contributed by atoms with Crippen LogP contribution in [0.25, 0.3) is 11.0 Å². The van der Waals surface area contributed by atoms with Gasteiger partial charge in [0.1, 0.15) is 12.4 Å². The Morgan fingerprint density at radius 2 is 1.93 bits per heavy atom. The molecule has 1 aromatic heterocycles. The van der Waals surface area contributed by atoms with Crippen molar-refractivity contribution in [1.29, 1.82) is 0 Å². The van der Waals surface area contributed by atoms with Gasteiger partial charge in [0, 0.05) is 19.2 Å². The third-order valence-corrected chi connectivity index (χ3v) is 4.66. The van der Waals surface area contributed by atoms with Gasteiger partial charge < -0.3 is 19.2 Å². The summed E-state index contributed by atoms with van der Waals surface area (Å²) in [6.45, 7) is 4.92. The lowest BCUT2D eigenvalue weighted by atomic mass is 10.1. The zero-order valence-electron chi connectivity index (χ0n) is 16.2. The van der Waals surface area contributed by atoms with Crippen molar-refractivity contribution < 1.29 is 9.53 Å². The van der Waals surface area contributed by atoms with Crippen LogP contribution in [-0.2, 0) is 6.54 Å². The number of hydrogen-bond acceptors (Lipinski definition) is 4. The minimum Gasteiger partial charge on any atom is -0.491 e. The van der Waals surface area contributed by atoms with Crippen molar-refractivity contribution in [3.05, 3.63) is 74.3 Å². The number of hydrogen-bond donors (Lipinski definition) is 1. The molecule has 0 unspecified atom stereocenters. The van der Waals surface area contributed by atoms with Crippen molar-refractivity contribution in [1.82, 2.24) is 14.5 Å². The van der Waals surface area contributed by atoms with Gasteiger partial charge in [-0.25, -0.2) is 0 Å². The molecule has 7 heteroatoms. The fourth-order valence-corrected chi connectivity index (χ4v) is 3.06. The number of aryl methyl sites for hydroxylation is 2. The number of carbonyl (C=O) groups excluding carboxylic acids is 1. The number of likely N-dealkylation sites (N-methyl/N-ethyl adjacent to an activating group) is 1. The molecule has 2 aromatic carbocycles. The molecule has 1 heterocycles. The predicted molar refractivity (Wildman–Crippen MR) is 108 cm³/mol. The molecule has 0 atom stereocenters. The molecule has 1 N–H and O–H groups in total. The Balaban J connectivity index is 1.75. The van der Waals surface area contributed by atoms with E-state index in [0.29, 0.717) is 36.3 Å². The average molecular weight is 381 g/mol. The van der Waals surface area contributed by atoms with Crippen molar-refractivity contribution in [2.24, 2.45) is 0 Å². The van der Waals surface area contributed by atoms with E-state index in [2.05, 4.69) is 4.98 Å². The van der Waals surface area contributed by atoms with Crippen molar-refractivity contribution in [3.8, 4) is 5.75 Å². The molecule has 0 aliphatic carbocycles. The van der Waals surface area contributed by atoms with Crippen LogP contribution in [0.2, 0.25) is 0 Å². The summed E-state index contributed by atoms with van der Waals surface area (Å²) in [5, 5.41) is 0. The molecule has 28 heavy (non-hydrogen) atoms. The Kier molecular flexibility index (Phi) is 5.63. The minimum atomic E-state index is -0.695. The number of benzene rings is 2. The molecule has 146 valence electrons. The Morgan fingerprint density at radius 1 is 1.18 bits per heavy atom. The van der Waals surface area contributed by atoms with E-state index in [0.717, 1.165) is 11.3 Å². The fraction of sp³-hybridized carbons (Fsp3) is 0.286. The van der Waals surface area contributed by atoms with Crippen LogP contribution in [0.15, 0.2) is 52.1 Å². The van der Waals surface area contributed by atoms with Crippen LogP contribution in [0.3, 0.4) is 0 Å². The van der Waals surface area contributed by atoms with E-state index >= 15 is 0 Å². The lowest BCUT2D eigenvalue weighted by Gasteiger charge is -2.18. The number of ether oxygens (including phenoxy) is 1. The Labute approximate surface area is 162 Å². The van der Waals surface area contributed by atoms with Gasteiger partial charge in [-0.05, 0) is 43.7 Å². The van der Waals surface area contributed by atoms with E-state index in [9.17, 15) is 14.4 Å². The highest BCUT2D eigenvalue weighted by atomic mass is 16.5. The fourth-order valence-electron chi connectivity index (χ4n) is 3.06. The van der Waals surface area contributed by atoms with Gasteiger partial charge in [0.15, 0.2) is 0 Å². The standard InChI is InChI=1S/C21H23N3O4/c1-4-24-17-10-9-15(13-16(17)22-19(25)21(24)27)20(26)23(3)11-12-28-18-8-6-5-7-14(18)2/h5-10,13H,4,11-12H2,1-3H3,(H,22,25). The Morgan fingerprint density at radius 3 is 2.64 bits per heavy atom. The number of para-hydroxylation sites is 1. The number of amides is 1. The number of nitrogens with zero attached hydrogens (tertiary/aromatic N) is 2. The Hall–Kier alpha value is -3.35. The second-order valence-corrected chi connectivity index (χ2v) is 6.58. The number of carbonyl (C=O) groups is 1. The van der Waals surface area contributed by atoms with Gasteiger partial charge in [0.25, 0.3) is 5.91 Å². The van der Waals surface area contributed by atoms with Gasteiger partial charge >= 0.3 is 11.1 Å². The quantitative estimate of drug-likeness (QED) is 0.663. The normalized spacial score (nSPS) is 10.8. The summed E-state index contributed by atoms with van der Waals surface area (Å²) in [4.78, 5) is 40.6. The molecular formula is C21H23N3O4. The molecule has 3 aromatic rings. The van der Waals surface area contributed by atoms with Crippen molar-refractivity contribution in [2.75, 3.05) is 20.2 Å². The zero-order valence-corrected chi connectivity index (χ0v) is 16.2. The molecule has 0 fully saturated rings. The molecule has 0 aliphatic heterocycles. The van der Waals surface area contributed by atoms with Crippen LogP contribution in [-0.4, -0.2) is 40.6 Å². The van der Waals surface area contributed by atoms with E-state index in [4.69, 9.17) is 4.74 Å². The van der Waals surface area contributed by atoms with Gasteiger partial charge in [-0.1, -0.05) is 18.2 Å². The first-order chi connectivity index (χ1) is 13.4. The second kappa shape index (κ2) is 8.12. The van der Waals surface area contributed by atoms with Gasteiger partial charge in [-0.2, -0.15) is 0 Å². The number of aromatic nitrogens is 2. The largest absolute Gasteiger partial charge is 0.491 e. The highest BCUT2D eigenvalue weighted by molar-refractivity contribution is 5.97. The highest BCUT2D eigenvalue weighted by Crippen LogP contribution is 2.16. The third-order valence-electron chi connectivity index (χ3n) is 4.66. The molecule has 1 amide bonds. The van der Waals surface area contributed by atoms with Gasteiger partial charge in [0.05, 0.1) is 17.6 Å². The van der Waals surface area contributed by atoms with E-state index in [1.54, 1.807) is 37.1 Å². The molecule has 7 nitrogen and oxygen atoms in total. The zero-order chi connectivity index (χ0) is 20.3. The maximum atomic E-state index is 12.7. The summed E-state index contributed by atoms with van der Waals surface area (Å²) < 4.78 is 7.13. The van der Waals surface area contributed by atoms with Gasteiger partial charge in [-0.15, -0.1) is 0 Å². The van der Waals surface area contributed by atoms with E-state index in [1.807, 2.05) is 31.2 Å². The number of H-pyrrole nitrogens is 1. The predicted octanol–water partition coefficient (Wildman–Crippen LogP) is 2.17. The molecule has 0 saturated heterocycles. The van der Waals surface area contributed by atoms with Crippen LogP contribution in [0.1, 0.15) is 22.8 Å². The number of aromatic amines is 1. The van der Waals surface area contributed by atoms with Gasteiger partial charge in [0.2, 0.25) is 0 Å². The van der Waals surface area contributed by atoms with Crippen LogP contribution in [0, 0.1) is 6.92 Å². The summed E-state index contributed by atoms with van der Waals surface area (Å²) in [7, 11) is 1.70. The topological polar surface area (TPSA) is 84.4 Å². The first-order valence-electron chi connectivity index (χ1n) is 9.13. The van der Waals surface area contributed by atoms with Crippen LogP contribution in [0.5, 0.6) is 5.75 Å². The van der Waals surface area contributed by atoms with E-state index < -0.39 is 11.1 Å². The third kappa shape index (κ3) is 3.83. The summed E-state index contributed by atoms with van der Waals surface area (Å²) in [6.07, 6.45) is 0. The first kappa shape index (κ1) is 19.4. The molecule has 0 bridgehead atoms.